The van der Waals surface area contributed by atoms with Crippen LogP contribution in [0.15, 0.2) is 12.1 Å². The quantitative estimate of drug-likeness (QED) is 0.863. The molecule has 2 aromatic rings. The third-order valence-electron chi connectivity index (χ3n) is 4.28. The summed E-state index contributed by atoms with van der Waals surface area (Å²) in [6, 6.07) is 3.19. The number of anilines is 1. The highest BCUT2D eigenvalue weighted by atomic mass is 19.4. The van der Waals surface area contributed by atoms with Crippen molar-refractivity contribution in [1.29, 1.82) is 0 Å². The molecule has 1 saturated carbocycles. The monoisotopic (exact) mass is 298 g/mol. The van der Waals surface area contributed by atoms with Crippen molar-refractivity contribution in [1.82, 2.24) is 25.1 Å². The molecule has 2 fully saturated rings. The summed E-state index contributed by atoms with van der Waals surface area (Å²) in [5.41, 5.74) is 0.216. The van der Waals surface area contributed by atoms with E-state index in [4.69, 9.17) is 0 Å². The van der Waals surface area contributed by atoms with Gasteiger partial charge in [-0.15, -0.1) is 15.3 Å². The molecule has 112 valence electrons. The first kappa shape index (κ1) is 12.8. The van der Waals surface area contributed by atoms with Crippen molar-refractivity contribution in [2.75, 3.05) is 18.1 Å². The number of hydrogen-bond donors (Lipinski definition) is 1. The highest BCUT2D eigenvalue weighted by Crippen LogP contribution is 2.36. The van der Waals surface area contributed by atoms with Crippen LogP contribution in [0.2, 0.25) is 0 Å². The molecule has 6 nitrogen and oxygen atoms in total. The van der Waals surface area contributed by atoms with Gasteiger partial charge in [-0.3, -0.25) is 5.32 Å². The van der Waals surface area contributed by atoms with Crippen LogP contribution in [0.4, 0.5) is 19.0 Å². The molecule has 0 amide bonds. The zero-order valence-electron chi connectivity index (χ0n) is 11.1. The SMILES string of the molecule is FC(F)(F)c1nnc2ccc(N3CNC4(CCC4)C3)nn12. The lowest BCUT2D eigenvalue weighted by molar-refractivity contribution is -0.146. The second-order valence-electron chi connectivity index (χ2n) is 5.65. The average Bonchev–Trinajstić information content (AvgIpc) is 3.01. The van der Waals surface area contributed by atoms with Crippen LogP contribution < -0.4 is 10.2 Å². The van der Waals surface area contributed by atoms with Crippen LogP contribution >= 0.6 is 0 Å². The number of hydrogen-bond acceptors (Lipinski definition) is 5. The third-order valence-corrected chi connectivity index (χ3v) is 4.28. The van der Waals surface area contributed by atoms with Crippen LogP contribution in [0, 0.1) is 0 Å². The minimum absolute atomic E-state index is 0.0941. The van der Waals surface area contributed by atoms with Gasteiger partial charge in [0.25, 0.3) is 5.82 Å². The van der Waals surface area contributed by atoms with Gasteiger partial charge < -0.3 is 4.90 Å². The summed E-state index contributed by atoms with van der Waals surface area (Å²) in [6.07, 6.45) is -1.17. The molecule has 1 aliphatic carbocycles. The van der Waals surface area contributed by atoms with Crippen molar-refractivity contribution in [2.24, 2.45) is 0 Å². The van der Waals surface area contributed by atoms with Crippen molar-refractivity contribution in [3.8, 4) is 0 Å². The molecule has 3 heterocycles. The Bertz CT molecular complexity index is 690. The number of alkyl halides is 3. The lowest BCUT2D eigenvalue weighted by Gasteiger charge is -2.37. The van der Waals surface area contributed by atoms with Crippen molar-refractivity contribution in [3.63, 3.8) is 0 Å². The molecule has 1 saturated heterocycles. The molecule has 2 aromatic heterocycles. The van der Waals surface area contributed by atoms with E-state index >= 15 is 0 Å². The van der Waals surface area contributed by atoms with Gasteiger partial charge in [-0.2, -0.15) is 17.7 Å². The molecule has 4 rings (SSSR count). The second kappa shape index (κ2) is 4.06. The molecule has 0 aromatic carbocycles. The topological polar surface area (TPSA) is 58.4 Å². The maximum atomic E-state index is 12.9. The summed E-state index contributed by atoms with van der Waals surface area (Å²) in [4.78, 5) is 1.96. The fourth-order valence-corrected chi connectivity index (χ4v) is 2.97. The van der Waals surface area contributed by atoms with Gasteiger partial charge in [0, 0.05) is 12.1 Å². The van der Waals surface area contributed by atoms with Crippen LogP contribution in [0.3, 0.4) is 0 Å². The standard InChI is InChI=1S/C12H13F3N6/c13-12(14,15)10-18-17-8-2-3-9(19-21(8)10)20-6-11(16-7-20)4-1-5-11/h2-3,16H,1,4-7H2. The second-order valence-corrected chi connectivity index (χ2v) is 5.65. The Morgan fingerprint density at radius 3 is 2.62 bits per heavy atom. The summed E-state index contributed by atoms with van der Waals surface area (Å²) in [5, 5.41) is 14.2. The van der Waals surface area contributed by atoms with Gasteiger partial charge in [-0.25, -0.2) is 0 Å². The first-order chi connectivity index (χ1) is 9.97. The highest BCUT2D eigenvalue weighted by Gasteiger charge is 2.43. The smallest absolute Gasteiger partial charge is 0.341 e. The molecule has 2 aliphatic rings. The van der Waals surface area contributed by atoms with Gasteiger partial charge in [0.2, 0.25) is 0 Å². The molecule has 21 heavy (non-hydrogen) atoms. The Labute approximate surface area is 117 Å². The number of aromatic nitrogens is 4. The van der Waals surface area contributed by atoms with Gasteiger partial charge in [0.05, 0.1) is 6.67 Å². The summed E-state index contributed by atoms with van der Waals surface area (Å²) in [6.45, 7) is 1.37. The Morgan fingerprint density at radius 1 is 1.19 bits per heavy atom. The van der Waals surface area contributed by atoms with Gasteiger partial charge in [0.15, 0.2) is 11.5 Å². The number of rotatable bonds is 1. The summed E-state index contributed by atoms with van der Waals surface area (Å²) in [7, 11) is 0. The molecule has 0 atom stereocenters. The van der Waals surface area contributed by atoms with Gasteiger partial charge >= 0.3 is 6.18 Å². The Kier molecular flexibility index (Phi) is 2.48. The molecular formula is C12H13F3N6. The van der Waals surface area contributed by atoms with E-state index in [2.05, 4.69) is 20.6 Å². The number of nitrogens with zero attached hydrogens (tertiary/aromatic N) is 5. The molecule has 0 unspecified atom stereocenters. The maximum absolute atomic E-state index is 12.9. The van der Waals surface area contributed by atoms with Gasteiger partial charge in [0.1, 0.15) is 0 Å². The predicted molar refractivity (Wildman–Crippen MR) is 67.7 cm³/mol. The summed E-state index contributed by atoms with van der Waals surface area (Å²) >= 11 is 0. The maximum Gasteiger partial charge on any atom is 0.453 e. The summed E-state index contributed by atoms with van der Waals surface area (Å²) in [5.74, 6) is -0.589. The minimum Gasteiger partial charge on any atom is -0.341 e. The Morgan fingerprint density at radius 2 is 2.00 bits per heavy atom. The van der Waals surface area contributed by atoms with Crippen molar-refractivity contribution < 1.29 is 13.2 Å². The molecule has 9 heteroatoms. The summed E-state index contributed by atoms with van der Waals surface area (Å²) < 4.78 is 39.3. The number of nitrogens with one attached hydrogen (secondary N) is 1. The lowest BCUT2D eigenvalue weighted by Crippen LogP contribution is -2.48. The van der Waals surface area contributed by atoms with E-state index in [0.29, 0.717) is 12.5 Å². The molecule has 1 N–H and O–H groups in total. The predicted octanol–water partition coefficient (Wildman–Crippen LogP) is 1.43. The first-order valence-electron chi connectivity index (χ1n) is 6.77. The molecule has 1 spiro atoms. The Balaban J connectivity index is 1.70. The van der Waals surface area contributed by atoms with Gasteiger partial charge in [-0.1, -0.05) is 0 Å². The Hall–Kier alpha value is -1.90. The molecule has 0 bridgehead atoms. The van der Waals surface area contributed by atoms with E-state index in [1.165, 1.54) is 12.5 Å². The fraction of sp³-hybridized carbons (Fsp3) is 0.583. The zero-order chi connectivity index (χ0) is 14.7. The van der Waals surface area contributed by atoms with E-state index in [1.807, 2.05) is 4.90 Å². The number of halogens is 3. The minimum atomic E-state index is -4.57. The van der Waals surface area contributed by atoms with E-state index in [-0.39, 0.29) is 11.2 Å². The van der Waals surface area contributed by atoms with Crippen molar-refractivity contribution in [3.05, 3.63) is 18.0 Å². The highest BCUT2D eigenvalue weighted by molar-refractivity contribution is 5.47. The lowest BCUT2D eigenvalue weighted by atomic mass is 9.77. The van der Waals surface area contributed by atoms with Crippen molar-refractivity contribution >= 4 is 11.5 Å². The van der Waals surface area contributed by atoms with Crippen LogP contribution in [-0.4, -0.2) is 38.6 Å². The van der Waals surface area contributed by atoms with Crippen LogP contribution in [0.1, 0.15) is 25.1 Å². The normalized spacial score (nSPS) is 21.2. The molecule has 0 radical (unpaired) electrons. The first-order valence-corrected chi connectivity index (χ1v) is 6.77. The molecule has 1 aliphatic heterocycles. The van der Waals surface area contributed by atoms with Crippen LogP contribution in [-0.2, 0) is 6.18 Å². The van der Waals surface area contributed by atoms with E-state index in [9.17, 15) is 13.2 Å². The molecular weight excluding hydrogens is 285 g/mol. The largest absolute Gasteiger partial charge is 0.453 e. The van der Waals surface area contributed by atoms with Gasteiger partial charge in [-0.05, 0) is 31.4 Å². The zero-order valence-corrected chi connectivity index (χ0v) is 11.1. The fourth-order valence-electron chi connectivity index (χ4n) is 2.97. The van der Waals surface area contributed by atoms with Crippen LogP contribution in [0.5, 0.6) is 0 Å². The van der Waals surface area contributed by atoms with E-state index in [0.717, 1.165) is 23.9 Å². The van der Waals surface area contributed by atoms with Crippen molar-refractivity contribution in [2.45, 2.75) is 31.0 Å². The average molecular weight is 298 g/mol. The third kappa shape index (κ3) is 1.95. The van der Waals surface area contributed by atoms with Crippen LogP contribution in [0.25, 0.3) is 5.65 Å². The number of fused-ring (bicyclic) bond motifs is 1. The van der Waals surface area contributed by atoms with E-state index in [1.54, 1.807) is 6.07 Å². The van der Waals surface area contributed by atoms with E-state index < -0.39 is 12.0 Å².